The highest BCUT2D eigenvalue weighted by Crippen LogP contribution is 2.22. The summed E-state index contributed by atoms with van der Waals surface area (Å²) in [6, 6.07) is 0.691. The minimum Gasteiger partial charge on any atom is -0.379 e. The van der Waals surface area contributed by atoms with E-state index < -0.39 is 0 Å². The van der Waals surface area contributed by atoms with Crippen LogP contribution in [-0.2, 0) is 9.47 Å². The number of hydrogen-bond donors (Lipinski definition) is 1. The number of nitrogens with one attached hydrogen (secondary N) is 1. The third-order valence-corrected chi connectivity index (χ3v) is 2.62. The van der Waals surface area contributed by atoms with Crippen LogP contribution in [0.4, 0.5) is 0 Å². The van der Waals surface area contributed by atoms with Gasteiger partial charge in [0.25, 0.3) is 0 Å². The summed E-state index contributed by atoms with van der Waals surface area (Å²) in [5.41, 5.74) is 0. The predicted molar refractivity (Wildman–Crippen MR) is 62.1 cm³/mol. The molecule has 0 aliphatic heterocycles. The second kappa shape index (κ2) is 7.20. The van der Waals surface area contributed by atoms with Crippen LogP contribution in [0, 0.1) is 5.92 Å². The van der Waals surface area contributed by atoms with Crippen LogP contribution < -0.4 is 5.32 Å². The molecule has 1 N–H and O–H groups in total. The van der Waals surface area contributed by atoms with E-state index in [4.69, 9.17) is 9.47 Å². The molecule has 3 nitrogen and oxygen atoms in total. The maximum atomic E-state index is 5.67. The van der Waals surface area contributed by atoms with E-state index in [0.29, 0.717) is 18.1 Å². The summed E-state index contributed by atoms with van der Waals surface area (Å²) in [5, 5.41) is 3.42. The normalized spacial score (nSPS) is 25.6. The summed E-state index contributed by atoms with van der Waals surface area (Å²) in [7, 11) is 0. The highest BCUT2D eigenvalue weighted by Gasteiger charge is 2.28. The molecule has 15 heavy (non-hydrogen) atoms. The summed E-state index contributed by atoms with van der Waals surface area (Å²) in [6.45, 7) is 9.86. The first-order chi connectivity index (χ1) is 7.22. The highest BCUT2D eigenvalue weighted by molar-refractivity contribution is 4.85. The minimum absolute atomic E-state index is 0.469. The van der Waals surface area contributed by atoms with Crippen molar-refractivity contribution in [1.29, 1.82) is 0 Å². The van der Waals surface area contributed by atoms with E-state index in [2.05, 4.69) is 26.1 Å². The van der Waals surface area contributed by atoms with Crippen LogP contribution in [0.15, 0.2) is 0 Å². The summed E-state index contributed by atoms with van der Waals surface area (Å²) in [6.07, 6.45) is 2.80. The summed E-state index contributed by atoms with van der Waals surface area (Å²) >= 11 is 0. The van der Waals surface area contributed by atoms with Gasteiger partial charge in [0, 0.05) is 12.6 Å². The van der Waals surface area contributed by atoms with Crippen LogP contribution in [0.3, 0.4) is 0 Å². The van der Waals surface area contributed by atoms with E-state index in [1.165, 1.54) is 0 Å². The number of hydrogen-bond acceptors (Lipinski definition) is 3. The van der Waals surface area contributed by atoms with Crippen molar-refractivity contribution in [3.8, 4) is 0 Å². The van der Waals surface area contributed by atoms with Crippen molar-refractivity contribution >= 4 is 0 Å². The highest BCUT2D eigenvalue weighted by atomic mass is 16.5. The molecule has 0 bridgehead atoms. The van der Waals surface area contributed by atoms with E-state index in [9.17, 15) is 0 Å². The molecule has 0 spiro atoms. The standard InChI is InChI=1S/C12H25NO2/c1-4-13-11-7-12(8-11)15-6-5-14-9-10(2)3/h10-13H,4-9H2,1-3H3. The minimum atomic E-state index is 0.469. The smallest absolute Gasteiger partial charge is 0.0704 e. The Bertz CT molecular complexity index is 156. The molecule has 3 heteroatoms. The third kappa shape index (κ3) is 5.50. The van der Waals surface area contributed by atoms with Gasteiger partial charge in [-0.1, -0.05) is 20.8 Å². The topological polar surface area (TPSA) is 30.5 Å². The summed E-state index contributed by atoms with van der Waals surface area (Å²) in [5.74, 6) is 0.617. The molecule has 0 aromatic carbocycles. The third-order valence-electron chi connectivity index (χ3n) is 2.62. The van der Waals surface area contributed by atoms with Gasteiger partial charge >= 0.3 is 0 Å². The molecule has 1 aliphatic rings. The summed E-state index contributed by atoms with van der Waals surface area (Å²) in [4.78, 5) is 0. The van der Waals surface area contributed by atoms with Crippen LogP contribution in [0.5, 0.6) is 0 Å². The van der Waals surface area contributed by atoms with Crippen molar-refractivity contribution in [3.63, 3.8) is 0 Å². The van der Waals surface area contributed by atoms with Crippen molar-refractivity contribution in [2.24, 2.45) is 5.92 Å². The van der Waals surface area contributed by atoms with E-state index in [0.717, 1.165) is 39.2 Å². The fourth-order valence-electron chi connectivity index (χ4n) is 1.75. The lowest BCUT2D eigenvalue weighted by atomic mass is 9.89. The van der Waals surface area contributed by atoms with Gasteiger partial charge in [0.15, 0.2) is 0 Å². The van der Waals surface area contributed by atoms with Crippen molar-refractivity contribution < 1.29 is 9.47 Å². The average Bonchev–Trinajstić information content (AvgIpc) is 2.12. The zero-order valence-electron chi connectivity index (χ0n) is 10.3. The van der Waals surface area contributed by atoms with Gasteiger partial charge in [0.05, 0.1) is 19.3 Å². The Morgan fingerprint density at radius 3 is 2.60 bits per heavy atom. The number of ether oxygens (including phenoxy) is 2. The Morgan fingerprint density at radius 2 is 2.00 bits per heavy atom. The lowest BCUT2D eigenvalue weighted by Gasteiger charge is -2.35. The average molecular weight is 215 g/mol. The van der Waals surface area contributed by atoms with Gasteiger partial charge in [-0.2, -0.15) is 0 Å². The first-order valence-corrected chi connectivity index (χ1v) is 6.15. The quantitative estimate of drug-likeness (QED) is 0.626. The molecule has 0 aromatic heterocycles. The van der Waals surface area contributed by atoms with E-state index in [1.54, 1.807) is 0 Å². The Labute approximate surface area is 93.5 Å². The van der Waals surface area contributed by atoms with E-state index in [1.807, 2.05) is 0 Å². The molecule has 1 aliphatic carbocycles. The van der Waals surface area contributed by atoms with Crippen molar-refractivity contribution in [2.75, 3.05) is 26.4 Å². The molecule has 0 amide bonds. The fraction of sp³-hybridized carbons (Fsp3) is 1.00. The lowest BCUT2D eigenvalue weighted by molar-refractivity contribution is -0.0440. The first kappa shape index (κ1) is 12.9. The Balaban J connectivity index is 1.82. The van der Waals surface area contributed by atoms with Crippen molar-refractivity contribution in [1.82, 2.24) is 5.32 Å². The largest absolute Gasteiger partial charge is 0.379 e. The Hall–Kier alpha value is -0.120. The van der Waals surface area contributed by atoms with Gasteiger partial charge in [0.1, 0.15) is 0 Å². The molecule has 1 fully saturated rings. The van der Waals surface area contributed by atoms with Crippen LogP contribution in [0.1, 0.15) is 33.6 Å². The second-order valence-electron chi connectivity index (χ2n) is 4.69. The van der Waals surface area contributed by atoms with Crippen molar-refractivity contribution in [3.05, 3.63) is 0 Å². The molecule has 0 unspecified atom stereocenters. The molecule has 1 saturated carbocycles. The SMILES string of the molecule is CCNC1CC(OCCOCC(C)C)C1. The van der Waals surface area contributed by atoms with Crippen LogP contribution in [0.2, 0.25) is 0 Å². The monoisotopic (exact) mass is 215 g/mol. The molecule has 90 valence electrons. The molecule has 0 aromatic rings. The summed E-state index contributed by atoms with van der Waals surface area (Å²) < 4.78 is 11.1. The Morgan fingerprint density at radius 1 is 1.27 bits per heavy atom. The van der Waals surface area contributed by atoms with Crippen LogP contribution >= 0.6 is 0 Å². The van der Waals surface area contributed by atoms with Crippen LogP contribution in [-0.4, -0.2) is 38.5 Å². The van der Waals surface area contributed by atoms with E-state index in [-0.39, 0.29) is 0 Å². The molecule has 0 atom stereocenters. The van der Waals surface area contributed by atoms with Crippen molar-refractivity contribution in [2.45, 2.75) is 45.8 Å². The lowest BCUT2D eigenvalue weighted by Crippen LogP contribution is -2.45. The van der Waals surface area contributed by atoms with Gasteiger partial charge in [-0.15, -0.1) is 0 Å². The maximum absolute atomic E-state index is 5.67. The molecular formula is C12H25NO2. The zero-order valence-corrected chi connectivity index (χ0v) is 10.3. The zero-order chi connectivity index (χ0) is 11.1. The molecule has 0 saturated heterocycles. The molecule has 0 radical (unpaired) electrons. The van der Waals surface area contributed by atoms with Gasteiger partial charge < -0.3 is 14.8 Å². The fourth-order valence-corrected chi connectivity index (χ4v) is 1.75. The Kier molecular flexibility index (Phi) is 6.22. The van der Waals surface area contributed by atoms with Gasteiger partial charge in [-0.3, -0.25) is 0 Å². The van der Waals surface area contributed by atoms with Gasteiger partial charge in [0.2, 0.25) is 0 Å². The molecule has 0 heterocycles. The van der Waals surface area contributed by atoms with E-state index >= 15 is 0 Å². The predicted octanol–water partition coefficient (Wildman–Crippen LogP) is 1.82. The molecule has 1 rings (SSSR count). The van der Waals surface area contributed by atoms with Gasteiger partial charge in [-0.25, -0.2) is 0 Å². The van der Waals surface area contributed by atoms with Crippen LogP contribution in [0.25, 0.3) is 0 Å². The first-order valence-electron chi connectivity index (χ1n) is 6.15. The maximum Gasteiger partial charge on any atom is 0.0704 e. The molecular weight excluding hydrogens is 190 g/mol. The second-order valence-corrected chi connectivity index (χ2v) is 4.69. The van der Waals surface area contributed by atoms with Gasteiger partial charge in [-0.05, 0) is 25.3 Å². The number of rotatable bonds is 8.